The van der Waals surface area contributed by atoms with Crippen LogP contribution in [0.4, 0.5) is 26.5 Å². The zero-order chi connectivity index (χ0) is 21.1. The number of hydrogen-bond donors (Lipinski definition) is 1. The van der Waals surface area contributed by atoms with Gasteiger partial charge < -0.3 is 24.9 Å². The number of piperazine rings is 2. The Kier molecular flexibility index (Phi) is 5.98. The second-order valence-corrected chi connectivity index (χ2v) is 7.83. The maximum Gasteiger partial charge on any atom is 0.321 e. The summed E-state index contributed by atoms with van der Waals surface area (Å²) in [7, 11) is 2.14. The van der Waals surface area contributed by atoms with Crippen LogP contribution in [-0.2, 0) is 0 Å². The molecular weight excluding hydrogens is 385 g/mol. The van der Waals surface area contributed by atoms with Crippen molar-refractivity contribution >= 4 is 23.4 Å². The summed E-state index contributed by atoms with van der Waals surface area (Å²) in [5, 5.41) is 2.82. The molecule has 2 aliphatic rings. The molecule has 2 amide bonds. The van der Waals surface area contributed by atoms with Gasteiger partial charge in [0.25, 0.3) is 0 Å². The van der Waals surface area contributed by atoms with Gasteiger partial charge in [-0.15, -0.1) is 0 Å². The number of benzene rings is 1. The minimum atomic E-state index is -0.322. The van der Waals surface area contributed by atoms with Gasteiger partial charge in [-0.1, -0.05) is 0 Å². The Morgan fingerprint density at radius 1 is 0.900 bits per heavy atom. The number of nitrogens with zero attached hydrogens (tertiary/aromatic N) is 6. The summed E-state index contributed by atoms with van der Waals surface area (Å²) in [5.41, 5.74) is 0.590. The third-order valence-corrected chi connectivity index (χ3v) is 5.62. The first-order valence-corrected chi connectivity index (χ1v) is 10.3. The van der Waals surface area contributed by atoms with Crippen molar-refractivity contribution in [2.45, 2.75) is 6.92 Å². The number of hydrogen-bond acceptors (Lipinski definition) is 6. The van der Waals surface area contributed by atoms with E-state index in [1.54, 1.807) is 17.0 Å². The van der Waals surface area contributed by atoms with Crippen LogP contribution in [0.3, 0.4) is 0 Å². The Balaban J connectivity index is 1.36. The van der Waals surface area contributed by atoms with Crippen LogP contribution in [0.2, 0.25) is 0 Å². The molecule has 0 unspecified atom stereocenters. The van der Waals surface area contributed by atoms with Gasteiger partial charge in [0.05, 0.1) is 0 Å². The maximum atomic E-state index is 13.0. The minimum absolute atomic E-state index is 0.168. The predicted octanol–water partition coefficient (Wildman–Crippen LogP) is 2.03. The lowest BCUT2D eigenvalue weighted by Gasteiger charge is -2.36. The maximum absolute atomic E-state index is 13.0. The van der Waals surface area contributed by atoms with Crippen LogP contribution in [0.15, 0.2) is 30.3 Å². The summed E-state index contributed by atoms with van der Waals surface area (Å²) in [6, 6.07) is 7.69. The van der Waals surface area contributed by atoms with Crippen LogP contribution in [0.25, 0.3) is 0 Å². The smallest absolute Gasteiger partial charge is 0.321 e. The van der Waals surface area contributed by atoms with Gasteiger partial charge in [0.15, 0.2) is 0 Å². The number of halogens is 1. The molecule has 2 saturated heterocycles. The molecule has 1 aromatic heterocycles. The highest BCUT2D eigenvalue weighted by Crippen LogP contribution is 2.22. The summed E-state index contributed by atoms with van der Waals surface area (Å²) in [6.07, 6.45) is 0. The summed E-state index contributed by atoms with van der Waals surface area (Å²) < 4.78 is 13.0. The van der Waals surface area contributed by atoms with Gasteiger partial charge in [0.2, 0.25) is 0 Å². The molecule has 160 valence electrons. The van der Waals surface area contributed by atoms with Crippen molar-refractivity contribution in [3.05, 3.63) is 42.0 Å². The van der Waals surface area contributed by atoms with E-state index in [4.69, 9.17) is 0 Å². The molecule has 2 aliphatic heterocycles. The number of likely N-dealkylation sites (N-methyl/N-ethyl adjacent to an activating group) is 1. The highest BCUT2D eigenvalue weighted by Gasteiger charge is 2.24. The van der Waals surface area contributed by atoms with E-state index in [0.717, 1.165) is 43.6 Å². The molecule has 1 aromatic carbocycles. The molecule has 3 heterocycles. The van der Waals surface area contributed by atoms with Crippen LogP contribution >= 0.6 is 0 Å². The first-order chi connectivity index (χ1) is 14.5. The first-order valence-electron chi connectivity index (χ1n) is 10.3. The number of urea groups is 1. The lowest BCUT2D eigenvalue weighted by atomic mass is 10.3. The van der Waals surface area contributed by atoms with Crippen LogP contribution in [-0.4, -0.2) is 85.2 Å². The number of aromatic nitrogens is 2. The fourth-order valence-corrected chi connectivity index (χ4v) is 3.77. The van der Waals surface area contributed by atoms with Gasteiger partial charge in [0.1, 0.15) is 23.3 Å². The van der Waals surface area contributed by atoms with E-state index in [1.807, 2.05) is 6.92 Å². The average Bonchev–Trinajstić information content (AvgIpc) is 2.75. The molecular formula is C21H28FN7O. The molecule has 2 fully saturated rings. The summed E-state index contributed by atoms with van der Waals surface area (Å²) in [5.74, 6) is 2.33. The molecule has 2 aromatic rings. The standard InChI is InChI=1S/C21H28FN7O/c1-16-23-19(27-9-7-26(2)8-10-27)15-20(24-16)28-11-13-29(14-12-28)21(30)25-18-5-3-17(22)4-6-18/h3-6,15H,7-14H2,1-2H3,(H,25,30). The number of aryl methyl sites for hydroxylation is 1. The monoisotopic (exact) mass is 413 g/mol. The van der Waals surface area contributed by atoms with E-state index in [1.165, 1.54) is 12.1 Å². The Morgan fingerprint density at radius 3 is 2.00 bits per heavy atom. The van der Waals surface area contributed by atoms with Gasteiger partial charge in [-0.25, -0.2) is 19.2 Å². The highest BCUT2D eigenvalue weighted by atomic mass is 19.1. The van der Waals surface area contributed by atoms with Crippen molar-refractivity contribution < 1.29 is 9.18 Å². The van der Waals surface area contributed by atoms with E-state index in [0.29, 0.717) is 31.9 Å². The SMILES string of the molecule is Cc1nc(N2CCN(C)CC2)cc(N2CCN(C(=O)Nc3ccc(F)cc3)CC2)n1. The Morgan fingerprint density at radius 2 is 1.43 bits per heavy atom. The van der Waals surface area contributed by atoms with Crippen molar-refractivity contribution in [1.29, 1.82) is 0 Å². The summed E-state index contributed by atoms with van der Waals surface area (Å²) in [4.78, 5) is 30.4. The topological polar surface area (TPSA) is 67.8 Å². The number of rotatable bonds is 3. The number of nitrogens with one attached hydrogen (secondary N) is 1. The van der Waals surface area contributed by atoms with Gasteiger partial charge in [-0.3, -0.25) is 0 Å². The average molecular weight is 414 g/mol. The van der Waals surface area contributed by atoms with Crippen LogP contribution < -0.4 is 15.1 Å². The van der Waals surface area contributed by atoms with Crippen LogP contribution in [0.1, 0.15) is 5.82 Å². The van der Waals surface area contributed by atoms with Gasteiger partial charge in [-0.2, -0.15) is 0 Å². The van der Waals surface area contributed by atoms with Gasteiger partial charge in [-0.05, 0) is 38.2 Å². The molecule has 0 radical (unpaired) electrons. The number of anilines is 3. The highest BCUT2D eigenvalue weighted by molar-refractivity contribution is 5.89. The number of amides is 2. The zero-order valence-electron chi connectivity index (χ0n) is 17.5. The zero-order valence-corrected chi connectivity index (χ0v) is 17.5. The number of carbonyl (C=O) groups excluding carboxylic acids is 1. The van der Waals surface area contributed by atoms with E-state index in [-0.39, 0.29) is 11.8 Å². The first kappa shape index (κ1) is 20.3. The molecule has 9 heteroatoms. The molecule has 0 aliphatic carbocycles. The third kappa shape index (κ3) is 4.79. The van der Waals surface area contributed by atoms with E-state index >= 15 is 0 Å². The fraction of sp³-hybridized carbons (Fsp3) is 0.476. The Hall–Kier alpha value is -2.94. The number of carbonyl (C=O) groups is 1. The fourth-order valence-electron chi connectivity index (χ4n) is 3.77. The summed E-state index contributed by atoms with van der Waals surface area (Å²) >= 11 is 0. The molecule has 0 spiro atoms. The molecule has 0 bridgehead atoms. The Bertz CT molecular complexity index is 875. The molecule has 4 rings (SSSR count). The van der Waals surface area contributed by atoms with E-state index in [2.05, 4.69) is 43.1 Å². The molecule has 0 saturated carbocycles. The van der Waals surface area contributed by atoms with Crippen molar-refractivity contribution in [2.24, 2.45) is 0 Å². The molecule has 30 heavy (non-hydrogen) atoms. The largest absolute Gasteiger partial charge is 0.354 e. The van der Waals surface area contributed by atoms with E-state index < -0.39 is 0 Å². The summed E-state index contributed by atoms with van der Waals surface area (Å²) in [6.45, 7) is 8.51. The Labute approximate surface area is 176 Å². The second-order valence-electron chi connectivity index (χ2n) is 7.83. The van der Waals surface area contributed by atoms with Gasteiger partial charge in [0, 0.05) is 64.1 Å². The van der Waals surface area contributed by atoms with Crippen LogP contribution in [0, 0.1) is 12.7 Å². The van der Waals surface area contributed by atoms with Crippen LogP contribution in [0.5, 0.6) is 0 Å². The molecule has 0 atom stereocenters. The third-order valence-electron chi connectivity index (χ3n) is 5.62. The second kappa shape index (κ2) is 8.83. The minimum Gasteiger partial charge on any atom is -0.354 e. The lowest BCUT2D eigenvalue weighted by molar-refractivity contribution is 0.208. The lowest BCUT2D eigenvalue weighted by Crippen LogP contribution is -2.50. The van der Waals surface area contributed by atoms with Crippen molar-refractivity contribution in [3.8, 4) is 0 Å². The quantitative estimate of drug-likeness (QED) is 0.831. The molecule has 8 nitrogen and oxygen atoms in total. The van der Waals surface area contributed by atoms with Crippen molar-refractivity contribution in [2.75, 3.05) is 74.5 Å². The van der Waals surface area contributed by atoms with Crippen molar-refractivity contribution in [1.82, 2.24) is 19.8 Å². The normalized spacial score (nSPS) is 17.9. The molecule has 1 N–H and O–H groups in total. The van der Waals surface area contributed by atoms with Gasteiger partial charge >= 0.3 is 6.03 Å². The predicted molar refractivity (Wildman–Crippen MR) is 116 cm³/mol. The van der Waals surface area contributed by atoms with E-state index in [9.17, 15) is 9.18 Å². The van der Waals surface area contributed by atoms with Crippen molar-refractivity contribution in [3.63, 3.8) is 0 Å².